The van der Waals surface area contributed by atoms with E-state index >= 15 is 0 Å². The van der Waals surface area contributed by atoms with Crippen LogP contribution < -0.4 is 15.0 Å². The Hall–Kier alpha value is -2.93. The van der Waals surface area contributed by atoms with Gasteiger partial charge in [0.1, 0.15) is 18.2 Å². The summed E-state index contributed by atoms with van der Waals surface area (Å²) >= 11 is 0. The highest BCUT2D eigenvalue weighted by atomic mass is 19.1. The van der Waals surface area contributed by atoms with Crippen LogP contribution >= 0.6 is 0 Å². The van der Waals surface area contributed by atoms with E-state index in [2.05, 4.69) is 5.32 Å². The molecule has 0 spiro atoms. The lowest BCUT2D eigenvalue weighted by Crippen LogP contribution is -2.44. The molecule has 28 heavy (non-hydrogen) atoms. The Morgan fingerprint density at radius 3 is 2.71 bits per heavy atom. The van der Waals surface area contributed by atoms with Gasteiger partial charge in [0, 0.05) is 19.0 Å². The van der Waals surface area contributed by atoms with Gasteiger partial charge in [-0.25, -0.2) is 4.39 Å². The van der Waals surface area contributed by atoms with Crippen molar-refractivity contribution in [3.8, 4) is 5.75 Å². The van der Waals surface area contributed by atoms with Gasteiger partial charge in [0.25, 0.3) is 0 Å². The van der Waals surface area contributed by atoms with E-state index in [9.17, 15) is 14.0 Å². The number of anilines is 2. The van der Waals surface area contributed by atoms with Gasteiger partial charge >= 0.3 is 0 Å². The molecule has 1 atom stereocenters. The van der Waals surface area contributed by atoms with Gasteiger partial charge in [-0.3, -0.25) is 14.5 Å². The molecule has 0 saturated carbocycles. The first-order chi connectivity index (χ1) is 13.4. The Morgan fingerprint density at radius 2 is 1.96 bits per heavy atom. The number of likely N-dealkylation sites (N-methyl/N-ethyl adjacent to an activating group) is 1. The summed E-state index contributed by atoms with van der Waals surface area (Å²) in [5.74, 6) is 0.0905. The Balaban J connectivity index is 1.59. The second-order valence-electron chi connectivity index (χ2n) is 6.92. The number of hydrogen-bond donors (Lipinski definition) is 1. The van der Waals surface area contributed by atoms with E-state index < -0.39 is 0 Å². The number of benzene rings is 2. The lowest BCUT2D eigenvalue weighted by atomic mass is 10.1. The summed E-state index contributed by atoms with van der Waals surface area (Å²) in [6, 6.07) is 12.9. The van der Waals surface area contributed by atoms with Gasteiger partial charge in [0.15, 0.2) is 0 Å². The average molecular weight is 385 g/mol. The number of carbonyl (C=O) groups excluding carboxylic acids is 2. The Morgan fingerprint density at radius 1 is 1.25 bits per heavy atom. The molecule has 0 saturated heterocycles. The van der Waals surface area contributed by atoms with Crippen molar-refractivity contribution in [3.05, 3.63) is 54.3 Å². The molecule has 1 heterocycles. The van der Waals surface area contributed by atoms with Gasteiger partial charge in [-0.2, -0.15) is 0 Å². The van der Waals surface area contributed by atoms with Gasteiger partial charge in [-0.05, 0) is 50.4 Å². The minimum absolute atomic E-state index is 0.0827. The molecule has 0 fully saturated rings. The van der Waals surface area contributed by atoms with E-state index in [1.807, 2.05) is 37.1 Å². The minimum Gasteiger partial charge on any atom is -0.492 e. The number of nitrogens with one attached hydrogen (secondary N) is 1. The molecule has 1 aliphatic heterocycles. The van der Waals surface area contributed by atoms with E-state index in [0.29, 0.717) is 30.3 Å². The monoisotopic (exact) mass is 385 g/mol. The zero-order valence-corrected chi connectivity index (χ0v) is 16.0. The van der Waals surface area contributed by atoms with Crippen molar-refractivity contribution in [2.24, 2.45) is 0 Å². The van der Waals surface area contributed by atoms with Crippen molar-refractivity contribution in [1.82, 2.24) is 4.90 Å². The topological polar surface area (TPSA) is 61.9 Å². The molecule has 1 aliphatic rings. The quantitative estimate of drug-likeness (QED) is 0.831. The molecule has 0 radical (unpaired) electrons. The van der Waals surface area contributed by atoms with Crippen LogP contribution in [-0.4, -0.2) is 49.5 Å². The fraction of sp³-hybridized carbons (Fsp3) is 0.333. The molecule has 0 aliphatic carbocycles. The standard InChI is InChI=1S/C21H24FN3O3/c1-15-13-20(26)23-18-5-3-4-6-19(18)25(15)21(27)14-24(2)11-12-28-17-9-7-16(22)8-10-17/h3-10,15H,11-14H2,1-2H3,(H,23,26). The molecule has 7 heteroatoms. The summed E-state index contributed by atoms with van der Waals surface area (Å²) in [5, 5.41) is 2.85. The highest BCUT2D eigenvalue weighted by Gasteiger charge is 2.29. The van der Waals surface area contributed by atoms with Crippen molar-refractivity contribution < 1.29 is 18.7 Å². The minimum atomic E-state index is -0.310. The third kappa shape index (κ3) is 4.86. The first-order valence-corrected chi connectivity index (χ1v) is 9.22. The summed E-state index contributed by atoms with van der Waals surface area (Å²) in [7, 11) is 1.84. The summed E-state index contributed by atoms with van der Waals surface area (Å²) in [6.07, 6.45) is 0.248. The molecule has 2 aromatic carbocycles. The van der Waals surface area contributed by atoms with Crippen LogP contribution in [0.15, 0.2) is 48.5 Å². The maximum Gasteiger partial charge on any atom is 0.241 e. The smallest absolute Gasteiger partial charge is 0.241 e. The lowest BCUT2D eigenvalue weighted by Gasteiger charge is -2.29. The van der Waals surface area contributed by atoms with Crippen LogP contribution in [0.25, 0.3) is 0 Å². The predicted molar refractivity (Wildman–Crippen MR) is 106 cm³/mol. The predicted octanol–water partition coefficient (Wildman–Crippen LogP) is 2.90. The molecular weight excluding hydrogens is 361 g/mol. The van der Waals surface area contributed by atoms with E-state index in [4.69, 9.17) is 4.74 Å². The number of amides is 2. The molecule has 0 aromatic heterocycles. The normalized spacial score (nSPS) is 16.4. The first-order valence-electron chi connectivity index (χ1n) is 9.22. The van der Waals surface area contributed by atoms with E-state index in [-0.39, 0.29) is 36.6 Å². The highest BCUT2D eigenvalue weighted by molar-refractivity contribution is 6.04. The summed E-state index contributed by atoms with van der Waals surface area (Å²) < 4.78 is 18.5. The maximum atomic E-state index is 13.0. The molecular formula is C21H24FN3O3. The number of nitrogens with zero attached hydrogens (tertiary/aromatic N) is 2. The number of ether oxygens (including phenoxy) is 1. The zero-order chi connectivity index (χ0) is 20.1. The SMILES string of the molecule is CC1CC(=O)Nc2ccccc2N1C(=O)CN(C)CCOc1ccc(F)cc1. The Labute approximate surface area is 163 Å². The number of rotatable bonds is 6. The van der Waals surface area contributed by atoms with Crippen molar-refractivity contribution in [3.63, 3.8) is 0 Å². The average Bonchev–Trinajstić information content (AvgIpc) is 2.77. The van der Waals surface area contributed by atoms with Crippen LogP contribution in [0.5, 0.6) is 5.75 Å². The van der Waals surface area contributed by atoms with Crippen LogP contribution in [0, 0.1) is 5.82 Å². The van der Waals surface area contributed by atoms with Crippen molar-refractivity contribution in [2.75, 3.05) is 37.0 Å². The van der Waals surface area contributed by atoms with Gasteiger partial charge in [0.05, 0.1) is 17.9 Å². The molecule has 6 nitrogen and oxygen atoms in total. The Bertz CT molecular complexity index is 841. The van der Waals surface area contributed by atoms with Crippen LogP contribution in [0.1, 0.15) is 13.3 Å². The molecule has 148 valence electrons. The molecule has 1 unspecified atom stereocenters. The lowest BCUT2D eigenvalue weighted by molar-refractivity contribution is -0.120. The zero-order valence-electron chi connectivity index (χ0n) is 16.0. The van der Waals surface area contributed by atoms with Gasteiger partial charge < -0.3 is 15.0 Å². The van der Waals surface area contributed by atoms with E-state index in [0.717, 1.165) is 0 Å². The maximum absolute atomic E-state index is 13.0. The van der Waals surface area contributed by atoms with Crippen molar-refractivity contribution in [1.29, 1.82) is 0 Å². The summed E-state index contributed by atoms with van der Waals surface area (Å²) in [6.45, 7) is 2.97. The van der Waals surface area contributed by atoms with Crippen LogP contribution in [0.4, 0.5) is 15.8 Å². The van der Waals surface area contributed by atoms with Gasteiger partial charge in [0.2, 0.25) is 11.8 Å². The molecule has 2 amide bonds. The molecule has 3 rings (SSSR count). The van der Waals surface area contributed by atoms with Crippen molar-refractivity contribution in [2.45, 2.75) is 19.4 Å². The molecule has 2 aromatic rings. The molecule has 1 N–H and O–H groups in total. The number of para-hydroxylation sites is 2. The van der Waals surface area contributed by atoms with Gasteiger partial charge in [-0.1, -0.05) is 12.1 Å². The number of fused-ring (bicyclic) bond motifs is 1. The summed E-state index contributed by atoms with van der Waals surface area (Å²) in [4.78, 5) is 28.6. The number of carbonyl (C=O) groups is 2. The van der Waals surface area contributed by atoms with Gasteiger partial charge in [-0.15, -0.1) is 0 Å². The Kier molecular flexibility index (Phi) is 6.26. The fourth-order valence-corrected chi connectivity index (χ4v) is 3.20. The second kappa shape index (κ2) is 8.84. The van der Waals surface area contributed by atoms with Crippen LogP contribution in [0.2, 0.25) is 0 Å². The number of halogens is 1. The second-order valence-corrected chi connectivity index (χ2v) is 6.92. The van der Waals surface area contributed by atoms with E-state index in [1.165, 1.54) is 12.1 Å². The fourth-order valence-electron chi connectivity index (χ4n) is 3.20. The van der Waals surface area contributed by atoms with Crippen molar-refractivity contribution >= 4 is 23.2 Å². The van der Waals surface area contributed by atoms with E-state index in [1.54, 1.807) is 23.1 Å². The third-order valence-electron chi connectivity index (χ3n) is 4.59. The largest absolute Gasteiger partial charge is 0.492 e. The number of hydrogen-bond acceptors (Lipinski definition) is 4. The third-order valence-corrected chi connectivity index (χ3v) is 4.59. The summed E-state index contributed by atoms with van der Waals surface area (Å²) in [5.41, 5.74) is 1.36. The van der Waals surface area contributed by atoms with Crippen LogP contribution in [0.3, 0.4) is 0 Å². The first kappa shape index (κ1) is 19.8. The van der Waals surface area contributed by atoms with Crippen LogP contribution in [-0.2, 0) is 9.59 Å². The highest BCUT2D eigenvalue weighted by Crippen LogP contribution is 2.31. The molecule has 0 bridgehead atoms.